The number of benzene rings is 1. The van der Waals surface area contributed by atoms with Crippen LogP contribution >= 0.6 is 0 Å². The molecule has 0 bridgehead atoms. The second-order valence-electron chi connectivity index (χ2n) is 4.85. The van der Waals surface area contributed by atoms with Gasteiger partial charge in [-0.2, -0.15) is 0 Å². The van der Waals surface area contributed by atoms with Gasteiger partial charge in [0, 0.05) is 5.71 Å². The van der Waals surface area contributed by atoms with E-state index in [1.165, 1.54) is 0 Å². The van der Waals surface area contributed by atoms with Gasteiger partial charge in [-0.15, -0.1) is 0 Å². The number of rotatable bonds is 3. The summed E-state index contributed by atoms with van der Waals surface area (Å²) >= 11 is 0. The fourth-order valence-corrected chi connectivity index (χ4v) is 1.47. The predicted molar refractivity (Wildman–Crippen MR) is 64.1 cm³/mol. The first-order valence-electron chi connectivity index (χ1n) is 5.22. The van der Waals surface area contributed by atoms with E-state index in [1.807, 2.05) is 30.3 Å². The summed E-state index contributed by atoms with van der Waals surface area (Å²) in [5.41, 5.74) is 2.26. The molecule has 0 saturated carbocycles. The van der Waals surface area contributed by atoms with E-state index in [0.717, 1.165) is 17.7 Å². The zero-order chi connectivity index (χ0) is 11.3. The van der Waals surface area contributed by atoms with E-state index >= 15 is 0 Å². The fourth-order valence-electron chi connectivity index (χ4n) is 1.47. The van der Waals surface area contributed by atoms with Gasteiger partial charge in [-0.1, -0.05) is 51.1 Å². The first kappa shape index (κ1) is 11.9. The highest BCUT2D eigenvalue weighted by atomic mass is 16.3. The Morgan fingerprint density at radius 3 is 2.27 bits per heavy atom. The first-order valence-corrected chi connectivity index (χ1v) is 5.22. The molecular weight excluding hydrogens is 186 g/mol. The quantitative estimate of drug-likeness (QED) is 0.756. The Bertz CT molecular complexity index is 322. The van der Waals surface area contributed by atoms with Gasteiger partial charge in [0.2, 0.25) is 0 Å². The molecule has 1 aromatic rings. The van der Waals surface area contributed by atoms with E-state index in [0.29, 0.717) is 0 Å². The zero-order valence-electron chi connectivity index (χ0n) is 9.70. The van der Waals surface area contributed by atoms with Crippen molar-refractivity contribution in [1.82, 2.24) is 0 Å². The molecule has 0 saturated heterocycles. The van der Waals surface area contributed by atoms with Crippen LogP contribution in [-0.2, 0) is 0 Å². The summed E-state index contributed by atoms with van der Waals surface area (Å²) in [4.78, 5) is 4.15. The molecule has 0 aromatic heterocycles. The number of hydrogen-bond acceptors (Lipinski definition) is 2. The van der Waals surface area contributed by atoms with E-state index in [9.17, 15) is 0 Å². The molecular formula is C13H19NO. The summed E-state index contributed by atoms with van der Waals surface area (Å²) in [6.45, 7) is 6.37. The molecule has 82 valence electrons. The largest absolute Gasteiger partial charge is 0.375 e. The normalized spacial score (nSPS) is 12.9. The molecule has 0 unspecified atom stereocenters. The summed E-state index contributed by atoms with van der Waals surface area (Å²) in [6.07, 6.45) is 0.873. The summed E-state index contributed by atoms with van der Waals surface area (Å²) < 4.78 is 0. The van der Waals surface area contributed by atoms with Crippen molar-refractivity contribution in [2.24, 2.45) is 10.4 Å². The third kappa shape index (κ3) is 4.26. The molecule has 15 heavy (non-hydrogen) atoms. The van der Waals surface area contributed by atoms with Gasteiger partial charge in [-0.05, 0) is 17.4 Å². The van der Waals surface area contributed by atoms with Crippen molar-refractivity contribution < 1.29 is 5.11 Å². The number of aliphatic imine (C=N–C) groups is 1. The lowest BCUT2D eigenvalue weighted by Crippen LogP contribution is -2.14. The molecule has 0 amide bonds. The van der Waals surface area contributed by atoms with E-state index < -0.39 is 0 Å². The molecule has 1 rings (SSSR count). The number of aliphatic hydroxyl groups is 1. The summed E-state index contributed by atoms with van der Waals surface area (Å²) in [6, 6.07) is 10.0. The van der Waals surface area contributed by atoms with Crippen LogP contribution in [0.25, 0.3) is 0 Å². The molecule has 0 aliphatic rings. The van der Waals surface area contributed by atoms with Crippen molar-refractivity contribution in [1.29, 1.82) is 0 Å². The van der Waals surface area contributed by atoms with Crippen LogP contribution in [0.15, 0.2) is 35.3 Å². The van der Waals surface area contributed by atoms with Crippen LogP contribution in [0, 0.1) is 5.41 Å². The summed E-state index contributed by atoms with van der Waals surface area (Å²) in [5, 5.41) is 8.91. The topological polar surface area (TPSA) is 32.6 Å². The average molecular weight is 205 g/mol. The minimum absolute atomic E-state index is 0.139. The van der Waals surface area contributed by atoms with E-state index in [-0.39, 0.29) is 12.1 Å². The molecule has 0 spiro atoms. The van der Waals surface area contributed by atoms with Gasteiger partial charge >= 0.3 is 0 Å². The average Bonchev–Trinajstić information content (AvgIpc) is 2.17. The highest BCUT2D eigenvalue weighted by Crippen LogP contribution is 2.22. The molecule has 1 N–H and O–H groups in total. The Labute approximate surface area is 91.7 Å². The van der Waals surface area contributed by atoms with Crippen molar-refractivity contribution in [2.75, 3.05) is 6.73 Å². The maximum absolute atomic E-state index is 8.91. The second kappa shape index (κ2) is 5.08. The van der Waals surface area contributed by atoms with Gasteiger partial charge in [0.15, 0.2) is 0 Å². The van der Waals surface area contributed by atoms with E-state index in [4.69, 9.17) is 5.11 Å². The standard InChI is InChI=1S/C13H19NO/c1-13(2,3)9-12(14-10-15)11-7-5-4-6-8-11/h4-8,15H,9-10H2,1-3H3/b14-12-. The molecule has 0 heterocycles. The lowest BCUT2D eigenvalue weighted by molar-refractivity contribution is 0.308. The van der Waals surface area contributed by atoms with Gasteiger partial charge in [-0.3, -0.25) is 4.99 Å². The van der Waals surface area contributed by atoms with Crippen LogP contribution in [0.5, 0.6) is 0 Å². The number of nitrogens with zero attached hydrogens (tertiary/aromatic N) is 1. The molecule has 0 atom stereocenters. The van der Waals surface area contributed by atoms with E-state index in [1.54, 1.807) is 0 Å². The molecule has 0 aliphatic heterocycles. The fraction of sp³-hybridized carbons (Fsp3) is 0.462. The monoisotopic (exact) mass is 205 g/mol. The highest BCUT2D eigenvalue weighted by molar-refractivity contribution is 6.00. The lowest BCUT2D eigenvalue weighted by atomic mass is 9.87. The molecule has 0 fully saturated rings. The zero-order valence-corrected chi connectivity index (χ0v) is 9.70. The van der Waals surface area contributed by atoms with Crippen LogP contribution in [0.3, 0.4) is 0 Å². The lowest BCUT2D eigenvalue weighted by Gasteiger charge is -2.19. The minimum Gasteiger partial charge on any atom is -0.375 e. The van der Waals surface area contributed by atoms with Crippen LogP contribution in [0.4, 0.5) is 0 Å². The van der Waals surface area contributed by atoms with Gasteiger partial charge < -0.3 is 5.11 Å². The van der Waals surface area contributed by atoms with Crippen LogP contribution < -0.4 is 0 Å². The predicted octanol–water partition coefficient (Wildman–Crippen LogP) is 2.86. The van der Waals surface area contributed by atoms with E-state index in [2.05, 4.69) is 25.8 Å². The Balaban J connectivity index is 2.90. The van der Waals surface area contributed by atoms with Gasteiger partial charge in [0.25, 0.3) is 0 Å². The number of hydrogen-bond donors (Lipinski definition) is 1. The van der Waals surface area contributed by atoms with Crippen molar-refractivity contribution in [3.05, 3.63) is 35.9 Å². The van der Waals surface area contributed by atoms with Gasteiger partial charge in [0.1, 0.15) is 6.73 Å². The van der Waals surface area contributed by atoms with Crippen molar-refractivity contribution >= 4 is 5.71 Å². The molecule has 2 nitrogen and oxygen atoms in total. The van der Waals surface area contributed by atoms with Crippen LogP contribution in [-0.4, -0.2) is 17.5 Å². The highest BCUT2D eigenvalue weighted by Gasteiger charge is 2.15. The number of aliphatic hydroxyl groups excluding tert-OH is 1. The molecule has 2 heteroatoms. The van der Waals surface area contributed by atoms with Gasteiger partial charge in [-0.25, -0.2) is 0 Å². The third-order valence-electron chi connectivity index (χ3n) is 2.07. The maximum atomic E-state index is 8.91. The summed E-state index contributed by atoms with van der Waals surface area (Å²) in [7, 11) is 0. The summed E-state index contributed by atoms with van der Waals surface area (Å²) in [5.74, 6) is 0. The Morgan fingerprint density at radius 1 is 1.20 bits per heavy atom. The maximum Gasteiger partial charge on any atom is 0.134 e. The first-order chi connectivity index (χ1) is 7.03. The van der Waals surface area contributed by atoms with Crippen molar-refractivity contribution in [3.63, 3.8) is 0 Å². The van der Waals surface area contributed by atoms with Crippen LogP contribution in [0.1, 0.15) is 32.8 Å². The van der Waals surface area contributed by atoms with Crippen LogP contribution in [0.2, 0.25) is 0 Å². The van der Waals surface area contributed by atoms with Crippen molar-refractivity contribution in [2.45, 2.75) is 27.2 Å². The Hall–Kier alpha value is -1.15. The molecule has 0 radical (unpaired) electrons. The molecule has 1 aromatic carbocycles. The second-order valence-corrected chi connectivity index (χ2v) is 4.85. The van der Waals surface area contributed by atoms with Gasteiger partial charge in [0.05, 0.1) is 0 Å². The third-order valence-corrected chi connectivity index (χ3v) is 2.07. The van der Waals surface area contributed by atoms with Crippen molar-refractivity contribution in [3.8, 4) is 0 Å². The molecule has 0 aliphatic carbocycles. The minimum atomic E-state index is -0.139. The Kier molecular flexibility index (Phi) is 4.04. The Morgan fingerprint density at radius 2 is 1.80 bits per heavy atom. The smallest absolute Gasteiger partial charge is 0.134 e. The SMILES string of the molecule is CC(C)(C)C/C(=N/CO)c1ccccc1.